The topological polar surface area (TPSA) is 113 Å². The van der Waals surface area contributed by atoms with E-state index in [9.17, 15) is 14.4 Å². The molecule has 1 N–H and O–H groups in total. The maximum absolute atomic E-state index is 13.0. The molecule has 0 saturated heterocycles. The van der Waals surface area contributed by atoms with Gasteiger partial charge in [-0.05, 0) is 38.3 Å². The first-order valence-electron chi connectivity index (χ1n) is 12.5. The SMILES string of the molecule is C=C/C=C\C(=C/C)[C@@H](Cc1ccccc1)[C@H](C)OC(=O)[C@H](C)NC(=O)c1nccc(OC)c1OCOC(C)=O. The van der Waals surface area contributed by atoms with Crippen LogP contribution in [0.15, 0.2) is 79.1 Å². The number of nitrogens with one attached hydrogen (secondary N) is 1. The van der Waals surface area contributed by atoms with Crippen molar-refractivity contribution < 1.29 is 33.3 Å². The van der Waals surface area contributed by atoms with Crippen LogP contribution in [0.25, 0.3) is 0 Å². The van der Waals surface area contributed by atoms with E-state index in [4.69, 9.17) is 18.9 Å². The molecule has 1 amide bonds. The Labute approximate surface area is 229 Å². The monoisotopic (exact) mass is 536 g/mol. The van der Waals surface area contributed by atoms with E-state index >= 15 is 0 Å². The number of methoxy groups -OCH3 is 1. The highest BCUT2D eigenvalue weighted by Gasteiger charge is 2.28. The molecule has 0 bridgehead atoms. The highest BCUT2D eigenvalue weighted by atomic mass is 16.7. The number of rotatable bonds is 14. The molecule has 39 heavy (non-hydrogen) atoms. The molecule has 3 atom stereocenters. The predicted octanol–water partition coefficient (Wildman–Crippen LogP) is 4.59. The van der Waals surface area contributed by atoms with Gasteiger partial charge in [0.15, 0.2) is 17.2 Å². The lowest BCUT2D eigenvalue weighted by atomic mass is 9.87. The fourth-order valence-corrected chi connectivity index (χ4v) is 3.79. The number of esters is 2. The van der Waals surface area contributed by atoms with Gasteiger partial charge in [0, 0.05) is 25.1 Å². The number of allylic oxidation sites excluding steroid dienone is 4. The first kappa shape index (κ1) is 30.8. The second kappa shape index (κ2) is 15.8. The van der Waals surface area contributed by atoms with E-state index in [0.717, 1.165) is 11.1 Å². The summed E-state index contributed by atoms with van der Waals surface area (Å²) in [5.41, 5.74) is 1.95. The van der Waals surface area contributed by atoms with Crippen LogP contribution in [0.5, 0.6) is 11.5 Å². The van der Waals surface area contributed by atoms with Gasteiger partial charge in [-0.25, -0.2) is 9.78 Å². The molecule has 0 radical (unpaired) electrons. The van der Waals surface area contributed by atoms with Crippen molar-refractivity contribution in [1.29, 1.82) is 0 Å². The second-order valence-electron chi connectivity index (χ2n) is 8.61. The number of hydrogen-bond donors (Lipinski definition) is 1. The molecule has 1 heterocycles. The van der Waals surface area contributed by atoms with Crippen molar-refractivity contribution in [3.63, 3.8) is 0 Å². The summed E-state index contributed by atoms with van der Waals surface area (Å²) in [5, 5.41) is 2.60. The number of aromatic nitrogens is 1. The van der Waals surface area contributed by atoms with Crippen LogP contribution < -0.4 is 14.8 Å². The van der Waals surface area contributed by atoms with Crippen molar-refractivity contribution in [2.24, 2.45) is 5.92 Å². The third-order valence-corrected chi connectivity index (χ3v) is 5.82. The van der Waals surface area contributed by atoms with Gasteiger partial charge >= 0.3 is 11.9 Å². The first-order chi connectivity index (χ1) is 18.7. The zero-order chi connectivity index (χ0) is 28.8. The lowest BCUT2D eigenvalue weighted by Gasteiger charge is -2.27. The quantitative estimate of drug-likeness (QED) is 0.212. The average molecular weight is 537 g/mol. The Morgan fingerprint density at radius 1 is 1.13 bits per heavy atom. The van der Waals surface area contributed by atoms with E-state index in [1.54, 1.807) is 6.08 Å². The molecule has 208 valence electrons. The summed E-state index contributed by atoms with van der Waals surface area (Å²) in [6, 6.07) is 10.4. The van der Waals surface area contributed by atoms with E-state index < -0.39 is 36.8 Å². The fraction of sp³-hybridized carbons (Fsp3) is 0.333. The molecule has 9 nitrogen and oxygen atoms in total. The number of benzene rings is 1. The van der Waals surface area contributed by atoms with Crippen molar-refractivity contribution in [3.8, 4) is 11.5 Å². The number of hydrogen-bond acceptors (Lipinski definition) is 8. The Hall–Kier alpha value is -4.40. The number of pyridine rings is 1. The minimum absolute atomic E-state index is 0.0256. The van der Waals surface area contributed by atoms with Gasteiger partial charge in [0.2, 0.25) is 6.79 Å². The lowest BCUT2D eigenvalue weighted by molar-refractivity contribution is -0.152. The summed E-state index contributed by atoms with van der Waals surface area (Å²) in [6.07, 6.45) is 8.96. The molecule has 2 rings (SSSR count). The van der Waals surface area contributed by atoms with Gasteiger partial charge in [0.05, 0.1) is 7.11 Å². The average Bonchev–Trinajstić information content (AvgIpc) is 2.92. The van der Waals surface area contributed by atoms with Crippen molar-refractivity contribution >= 4 is 17.8 Å². The number of amides is 1. The molecule has 0 spiro atoms. The van der Waals surface area contributed by atoms with Crippen LogP contribution in [0.3, 0.4) is 0 Å². The normalized spacial score (nSPS) is 13.6. The Bertz CT molecular complexity index is 1190. The van der Waals surface area contributed by atoms with Gasteiger partial charge < -0.3 is 24.3 Å². The molecule has 0 fully saturated rings. The van der Waals surface area contributed by atoms with E-state index in [1.807, 2.05) is 62.4 Å². The summed E-state index contributed by atoms with van der Waals surface area (Å²) in [4.78, 5) is 41.2. The Kier molecular flexibility index (Phi) is 12.5. The predicted molar refractivity (Wildman–Crippen MR) is 147 cm³/mol. The molecule has 0 unspecified atom stereocenters. The summed E-state index contributed by atoms with van der Waals surface area (Å²) in [5.74, 6) is -1.80. The lowest BCUT2D eigenvalue weighted by Crippen LogP contribution is -2.42. The van der Waals surface area contributed by atoms with Gasteiger partial charge in [0.25, 0.3) is 5.91 Å². The molecule has 0 aliphatic heterocycles. The molecule has 1 aromatic heterocycles. The molecular weight excluding hydrogens is 500 g/mol. The van der Waals surface area contributed by atoms with Crippen LogP contribution in [0.2, 0.25) is 0 Å². The molecular formula is C30H36N2O7. The number of nitrogens with zero attached hydrogens (tertiary/aromatic N) is 1. The smallest absolute Gasteiger partial charge is 0.328 e. The maximum Gasteiger partial charge on any atom is 0.328 e. The van der Waals surface area contributed by atoms with Crippen LogP contribution in [0, 0.1) is 5.92 Å². The molecule has 0 saturated carbocycles. The van der Waals surface area contributed by atoms with Gasteiger partial charge in [-0.1, -0.05) is 61.2 Å². The van der Waals surface area contributed by atoms with E-state index in [2.05, 4.69) is 16.9 Å². The molecule has 9 heteroatoms. The Balaban J connectivity index is 2.17. The maximum atomic E-state index is 13.0. The van der Waals surface area contributed by atoms with Crippen LogP contribution in [0.1, 0.15) is 43.7 Å². The third-order valence-electron chi connectivity index (χ3n) is 5.82. The Morgan fingerprint density at radius 3 is 2.46 bits per heavy atom. The zero-order valence-corrected chi connectivity index (χ0v) is 23.0. The molecule has 0 aliphatic carbocycles. The summed E-state index contributed by atoms with van der Waals surface area (Å²) < 4.78 is 21.3. The van der Waals surface area contributed by atoms with Crippen LogP contribution in [-0.2, 0) is 25.5 Å². The Morgan fingerprint density at radius 2 is 1.85 bits per heavy atom. The van der Waals surface area contributed by atoms with Crippen molar-refractivity contribution in [1.82, 2.24) is 10.3 Å². The molecule has 0 aliphatic rings. The van der Waals surface area contributed by atoms with Gasteiger partial charge in [-0.3, -0.25) is 9.59 Å². The zero-order valence-electron chi connectivity index (χ0n) is 23.0. The van der Waals surface area contributed by atoms with E-state index in [0.29, 0.717) is 6.42 Å². The van der Waals surface area contributed by atoms with Crippen molar-refractivity contribution in [2.45, 2.75) is 46.3 Å². The minimum atomic E-state index is -0.996. The third kappa shape index (κ3) is 9.45. The first-order valence-corrected chi connectivity index (χ1v) is 12.5. The minimum Gasteiger partial charge on any atom is -0.493 e. The molecule has 1 aromatic carbocycles. The fourth-order valence-electron chi connectivity index (χ4n) is 3.79. The van der Waals surface area contributed by atoms with Crippen molar-refractivity contribution in [3.05, 3.63) is 90.3 Å². The summed E-state index contributed by atoms with van der Waals surface area (Å²) in [6.45, 7) is 9.80. The second-order valence-corrected chi connectivity index (χ2v) is 8.61. The van der Waals surface area contributed by atoms with E-state index in [-0.39, 0.29) is 23.1 Å². The summed E-state index contributed by atoms with van der Waals surface area (Å²) >= 11 is 0. The highest BCUT2D eigenvalue weighted by Crippen LogP contribution is 2.30. The van der Waals surface area contributed by atoms with Crippen LogP contribution >= 0.6 is 0 Å². The van der Waals surface area contributed by atoms with Crippen LogP contribution in [-0.4, -0.2) is 48.9 Å². The number of ether oxygens (including phenoxy) is 4. The number of carbonyl (C=O) groups is 3. The molecule has 2 aromatic rings. The van der Waals surface area contributed by atoms with E-state index in [1.165, 1.54) is 33.2 Å². The summed E-state index contributed by atoms with van der Waals surface area (Å²) in [7, 11) is 1.40. The number of carbonyl (C=O) groups excluding carboxylic acids is 3. The standard InChI is InChI=1S/C30H36N2O7/c1-7-9-15-24(8-2)25(18-23-13-11-10-12-14-23)21(4)39-30(35)20(3)32-29(34)27-28(38-19-37-22(5)33)26(36-6)16-17-31-27/h7-17,20-21,25H,1,18-19H2,2-6H3,(H,32,34)/b15-9-,24-8+/t20-,21-,25-/m0/s1. The van der Waals surface area contributed by atoms with Crippen molar-refractivity contribution in [2.75, 3.05) is 13.9 Å². The largest absolute Gasteiger partial charge is 0.493 e. The highest BCUT2D eigenvalue weighted by molar-refractivity contribution is 5.98. The van der Waals surface area contributed by atoms with Gasteiger partial charge in [-0.15, -0.1) is 0 Å². The van der Waals surface area contributed by atoms with Gasteiger partial charge in [-0.2, -0.15) is 0 Å². The van der Waals surface area contributed by atoms with Gasteiger partial charge in [0.1, 0.15) is 12.1 Å². The van der Waals surface area contributed by atoms with Crippen LogP contribution in [0.4, 0.5) is 0 Å².